The summed E-state index contributed by atoms with van der Waals surface area (Å²) in [6.07, 6.45) is 7.53. The Morgan fingerprint density at radius 1 is 1.02 bits per heavy atom. The van der Waals surface area contributed by atoms with Crippen molar-refractivity contribution in [1.82, 2.24) is 35.0 Å². The maximum Gasteiger partial charge on any atom is 0.181 e. The van der Waals surface area contributed by atoms with E-state index in [0.29, 0.717) is 25.1 Å². The van der Waals surface area contributed by atoms with Crippen molar-refractivity contribution in [2.24, 2.45) is 5.73 Å². The maximum absolute atomic E-state index is 6.55. The second-order valence-corrected chi connectivity index (χ2v) is 10.9. The quantitative estimate of drug-likeness (QED) is 0.175. The molecule has 5 aromatic rings. The number of pyridine rings is 2. The average Bonchev–Trinajstić information content (AvgIpc) is 3.61. The van der Waals surface area contributed by atoms with Crippen molar-refractivity contribution in [2.75, 3.05) is 59.0 Å². The third-order valence-electron chi connectivity index (χ3n) is 7.97. The number of piperazine rings is 1. The Kier molecular flexibility index (Phi) is 7.67. The molecule has 4 N–H and O–H groups in total. The molecule has 1 unspecified atom stereocenters. The standard InChI is InChI=1S/C30H37N9O2/c1-38-8-10-39(11-9-38)23-5-6-25-26(15-23)35-29(34-25)27-24-14-22(19-33-28(24)37-36-27)21-13-20(17-32-18-21)16-30(31,41-3)7-4-12-40-2/h5-6,13-15,17-19H,4,7-12,16,31H2,1-3H3,(H,34,35)(H,33,36,37). The Balaban J connectivity index is 1.27. The number of aromatic amines is 2. The molecule has 0 spiro atoms. The molecule has 5 heterocycles. The van der Waals surface area contributed by atoms with Crippen LogP contribution in [0.1, 0.15) is 18.4 Å². The van der Waals surface area contributed by atoms with Gasteiger partial charge in [-0.3, -0.25) is 10.1 Å². The predicted octanol–water partition coefficient (Wildman–Crippen LogP) is 3.59. The predicted molar refractivity (Wildman–Crippen MR) is 161 cm³/mol. The summed E-state index contributed by atoms with van der Waals surface area (Å²) in [4.78, 5) is 22.3. The molecular formula is C30H37N9O2. The molecule has 6 rings (SSSR count). The number of anilines is 1. The lowest BCUT2D eigenvalue weighted by Gasteiger charge is -2.34. The van der Waals surface area contributed by atoms with E-state index in [2.05, 4.69) is 72.3 Å². The highest BCUT2D eigenvalue weighted by Crippen LogP contribution is 2.31. The summed E-state index contributed by atoms with van der Waals surface area (Å²) in [7, 11) is 5.50. The van der Waals surface area contributed by atoms with E-state index in [9.17, 15) is 0 Å². The van der Waals surface area contributed by atoms with Crippen LogP contribution in [0.5, 0.6) is 0 Å². The van der Waals surface area contributed by atoms with Gasteiger partial charge in [-0.25, -0.2) is 9.97 Å². The van der Waals surface area contributed by atoms with Crippen LogP contribution in [-0.4, -0.2) is 94.8 Å². The summed E-state index contributed by atoms with van der Waals surface area (Å²) in [6.45, 7) is 4.80. The Morgan fingerprint density at radius 3 is 2.66 bits per heavy atom. The zero-order valence-corrected chi connectivity index (χ0v) is 23.9. The van der Waals surface area contributed by atoms with E-state index in [1.807, 2.05) is 18.6 Å². The van der Waals surface area contributed by atoms with E-state index in [0.717, 1.165) is 77.2 Å². The van der Waals surface area contributed by atoms with Gasteiger partial charge in [0.1, 0.15) is 11.4 Å². The first kappa shape index (κ1) is 27.3. The van der Waals surface area contributed by atoms with Gasteiger partial charge < -0.3 is 30.0 Å². The van der Waals surface area contributed by atoms with Crippen LogP contribution in [0.25, 0.3) is 44.7 Å². The molecule has 0 saturated carbocycles. The molecule has 0 amide bonds. The Hall–Kier alpha value is -3.90. The maximum atomic E-state index is 6.55. The average molecular weight is 556 g/mol. The number of fused-ring (bicyclic) bond motifs is 2. The second kappa shape index (κ2) is 11.5. The number of aromatic nitrogens is 6. The van der Waals surface area contributed by atoms with Gasteiger partial charge in [0.25, 0.3) is 0 Å². The molecule has 0 bridgehead atoms. The number of nitrogens with two attached hydrogens (primary N) is 1. The Morgan fingerprint density at radius 2 is 1.85 bits per heavy atom. The van der Waals surface area contributed by atoms with Crippen LogP contribution in [0.3, 0.4) is 0 Å². The van der Waals surface area contributed by atoms with E-state index in [-0.39, 0.29) is 0 Å². The number of hydrogen-bond donors (Lipinski definition) is 3. The first-order valence-electron chi connectivity index (χ1n) is 14.0. The molecular weight excluding hydrogens is 518 g/mol. The molecule has 1 saturated heterocycles. The van der Waals surface area contributed by atoms with E-state index in [1.54, 1.807) is 14.2 Å². The van der Waals surface area contributed by atoms with Crippen molar-refractivity contribution in [1.29, 1.82) is 0 Å². The number of rotatable bonds is 10. The van der Waals surface area contributed by atoms with Crippen LogP contribution in [0, 0.1) is 0 Å². The number of likely N-dealkylation sites (N-methyl/N-ethyl adjacent to an activating group) is 1. The lowest BCUT2D eigenvalue weighted by molar-refractivity contribution is -0.0175. The molecule has 11 nitrogen and oxygen atoms in total. The van der Waals surface area contributed by atoms with Crippen molar-refractivity contribution < 1.29 is 9.47 Å². The van der Waals surface area contributed by atoms with Crippen molar-refractivity contribution in [2.45, 2.75) is 25.0 Å². The van der Waals surface area contributed by atoms with Crippen LogP contribution >= 0.6 is 0 Å². The van der Waals surface area contributed by atoms with Crippen molar-refractivity contribution >= 4 is 27.8 Å². The summed E-state index contributed by atoms with van der Waals surface area (Å²) >= 11 is 0. The molecule has 214 valence electrons. The molecule has 1 aromatic carbocycles. The molecule has 0 radical (unpaired) electrons. The van der Waals surface area contributed by atoms with Gasteiger partial charge in [0.05, 0.1) is 16.4 Å². The molecule has 1 aliphatic heterocycles. The summed E-state index contributed by atoms with van der Waals surface area (Å²) in [6, 6.07) is 10.6. The molecule has 4 aromatic heterocycles. The van der Waals surface area contributed by atoms with Crippen LogP contribution < -0.4 is 10.6 Å². The van der Waals surface area contributed by atoms with E-state index in [4.69, 9.17) is 20.2 Å². The third-order valence-corrected chi connectivity index (χ3v) is 7.97. The van der Waals surface area contributed by atoms with E-state index >= 15 is 0 Å². The molecule has 1 aliphatic rings. The molecule has 0 aliphatic carbocycles. The first-order valence-corrected chi connectivity index (χ1v) is 14.0. The highest BCUT2D eigenvalue weighted by Gasteiger charge is 2.25. The SMILES string of the molecule is COCCCC(N)(Cc1cncc(-c2cnc3n[nH]c(-c4nc5ccc(N6CCN(C)CC6)cc5[nH]4)c3c2)c1)OC. The van der Waals surface area contributed by atoms with E-state index < -0.39 is 5.72 Å². The number of nitrogens with zero attached hydrogens (tertiary/aromatic N) is 6. The second-order valence-electron chi connectivity index (χ2n) is 10.9. The van der Waals surface area contributed by atoms with Crippen LogP contribution in [0.2, 0.25) is 0 Å². The molecule has 11 heteroatoms. The van der Waals surface area contributed by atoms with Gasteiger partial charge in [0.2, 0.25) is 0 Å². The van der Waals surface area contributed by atoms with Gasteiger partial charge in [0, 0.05) is 88.8 Å². The monoisotopic (exact) mass is 555 g/mol. The van der Waals surface area contributed by atoms with Gasteiger partial charge in [-0.05, 0) is 55.8 Å². The topological polar surface area (TPSA) is 134 Å². The largest absolute Gasteiger partial charge is 0.385 e. The highest BCUT2D eigenvalue weighted by atomic mass is 16.5. The van der Waals surface area contributed by atoms with Gasteiger partial charge in [-0.1, -0.05) is 0 Å². The third kappa shape index (κ3) is 5.80. The summed E-state index contributed by atoms with van der Waals surface area (Å²) < 4.78 is 10.9. The molecule has 1 fully saturated rings. The fraction of sp³-hybridized carbons (Fsp3) is 0.400. The van der Waals surface area contributed by atoms with Crippen molar-refractivity contribution in [3.63, 3.8) is 0 Å². The van der Waals surface area contributed by atoms with Crippen LogP contribution in [-0.2, 0) is 15.9 Å². The normalized spacial score (nSPS) is 16.0. The smallest absolute Gasteiger partial charge is 0.181 e. The fourth-order valence-electron chi connectivity index (χ4n) is 5.48. The zero-order valence-electron chi connectivity index (χ0n) is 23.9. The zero-order chi connectivity index (χ0) is 28.4. The number of imidazole rings is 1. The Labute approximate surface area is 239 Å². The summed E-state index contributed by atoms with van der Waals surface area (Å²) in [5.41, 5.74) is 13.2. The van der Waals surface area contributed by atoms with Gasteiger partial charge in [0.15, 0.2) is 11.5 Å². The van der Waals surface area contributed by atoms with Crippen molar-refractivity contribution in [3.8, 4) is 22.6 Å². The van der Waals surface area contributed by atoms with Gasteiger partial charge >= 0.3 is 0 Å². The molecule has 1 atom stereocenters. The minimum Gasteiger partial charge on any atom is -0.385 e. The minimum atomic E-state index is -0.787. The van der Waals surface area contributed by atoms with Crippen LogP contribution in [0.4, 0.5) is 5.69 Å². The number of H-pyrrole nitrogens is 2. The lowest BCUT2D eigenvalue weighted by Crippen LogP contribution is -2.44. The van der Waals surface area contributed by atoms with E-state index in [1.165, 1.54) is 5.69 Å². The minimum absolute atomic E-state index is 0.537. The summed E-state index contributed by atoms with van der Waals surface area (Å²) in [5.74, 6) is 0.730. The summed E-state index contributed by atoms with van der Waals surface area (Å²) in [5, 5.41) is 8.47. The molecule has 41 heavy (non-hydrogen) atoms. The van der Waals surface area contributed by atoms with Crippen LogP contribution in [0.15, 0.2) is 48.9 Å². The van der Waals surface area contributed by atoms with Crippen molar-refractivity contribution in [3.05, 3.63) is 54.5 Å². The number of benzene rings is 1. The highest BCUT2D eigenvalue weighted by molar-refractivity contribution is 5.93. The number of nitrogens with one attached hydrogen (secondary N) is 2. The Bertz CT molecular complexity index is 1640. The lowest BCUT2D eigenvalue weighted by atomic mass is 9.97. The van der Waals surface area contributed by atoms with Gasteiger partial charge in [-0.15, -0.1) is 0 Å². The number of ether oxygens (including phenoxy) is 2. The first-order chi connectivity index (χ1) is 19.9. The number of hydrogen-bond acceptors (Lipinski definition) is 9. The van der Waals surface area contributed by atoms with Gasteiger partial charge in [-0.2, -0.15) is 5.10 Å². The number of methoxy groups -OCH3 is 2. The fourth-order valence-corrected chi connectivity index (χ4v) is 5.48.